The van der Waals surface area contributed by atoms with Crippen molar-refractivity contribution in [1.29, 1.82) is 0 Å². The largest absolute Gasteiger partial charge is 0.0805 e. The van der Waals surface area contributed by atoms with Crippen molar-refractivity contribution in [2.45, 2.75) is 39.5 Å². The van der Waals surface area contributed by atoms with Crippen LogP contribution in [-0.2, 0) is 0 Å². The minimum absolute atomic E-state index is 0.886. The molecule has 0 heterocycles. The third kappa shape index (κ3) is 1.79. The Bertz CT molecular complexity index is 308. The molecule has 3 rings (SSSR count). The third-order valence-electron chi connectivity index (χ3n) is 4.72. The zero-order valence-corrected chi connectivity index (χ0v) is 9.95. The molecular weight excluding hydrogens is 180 g/mol. The van der Waals surface area contributed by atoms with E-state index >= 15 is 0 Å². The fourth-order valence-corrected chi connectivity index (χ4v) is 3.38. The second-order valence-corrected chi connectivity index (χ2v) is 6.10. The van der Waals surface area contributed by atoms with Crippen LogP contribution in [0.3, 0.4) is 0 Å². The SMILES string of the molecule is CC(C)[C@H]1CC[C@@H](C2=CC3CC3C=C2)C1. The van der Waals surface area contributed by atoms with E-state index in [9.17, 15) is 0 Å². The molecule has 0 radical (unpaired) electrons. The van der Waals surface area contributed by atoms with E-state index in [1.54, 1.807) is 5.57 Å². The van der Waals surface area contributed by atoms with Gasteiger partial charge in [-0.2, -0.15) is 0 Å². The number of hydrogen-bond acceptors (Lipinski definition) is 0. The van der Waals surface area contributed by atoms with E-state index in [4.69, 9.17) is 0 Å². The van der Waals surface area contributed by atoms with Crippen molar-refractivity contribution in [3.63, 3.8) is 0 Å². The Hall–Kier alpha value is -0.520. The number of hydrogen-bond donors (Lipinski definition) is 0. The Balaban J connectivity index is 1.67. The molecule has 3 aliphatic rings. The van der Waals surface area contributed by atoms with E-state index in [0.29, 0.717) is 0 Å². The summed E-state index contributed by atoms with van der Waals surface area (Å²) in [7, 11) is 0. The van der Waals surface area contributed by atoms with Crippen LogP contribution in [0.1, 0.15) is 39.5 Å². The van der Waals surface area contributed by atoms with Gasteiger partial charge in [-0.1, -0.05) is 32.1 Å². The Kier molecular flexibility index (Phi) is 2.26. The summed E-state index contributed by atoms with van der Waals surface area (Å²) >= 11 is 0. The van der Waals surface area contributed by atoms with Crippen LogP contribution >= 0.6 is 0 Å². The summed E-state index contributed by atoms with van der Waals surface area (Å²) < 4.78 is 0. The second-order valence-electron chi connectivity index (χ2n) is 6.10. The summed E-state index contributed by atoms with van der Waals surface area (Å²) in [6.45, 7) is 4.77. The van der Waals surface area contributed by atoms with Crippen LogP contribution in [0, 0.1) is 29.6 Å². The van der Waals surface area contributed by atoms with Crippen molar-refractivity contribution in [2.75, 3.05) is 0 Å². The van der Waals surface area contributed by atoms with Gasteiger partial charge in [-0.3, -0.25) is 0 Å². The van der Waals surface area contributed by atoms with Gasteiger partial charge in [-0.25, -0.2) is 0 Å². The van der Waals surface area contributed by atoms with Gasteiger partial charge in [-0.05, 0) is 60.8 Å². The summed E-state index contributed by atoms with van der Waals surface area (Å²) in [4.78, 5) is 0. The molecule has 0 amide bonds. The van der Waals surface area contributed by atoms with Gasteiger partial charge in [0.05, 0.1) is 0 Å². The van der Waals surface area contributed by atoms with Crippen molar-refractivity contribution in [1.82, 2.24) is 0 Å². The van der Waals surface area contributed by atoms with Gasteiger partial charge < -0.3 is 0 Å². The molecule has 0 aliphatic heterocycles. The van der Waals surface area contributed by atoms with Gasteiger partial charge in [0.2, 0.25) is 0 Å². The lowest BCUT2D eigenvalue weighted by molar-refractivity contribution is 0.387. The lowest BCUT2D eigenvalue weighted by atomic mass is 9.89. The summed E-state index contributed by atoms with van der Waals surface area (Å²) in [5.74, 6) is 4.63. The van der Waals surface area contributed by atoms with Crippen molar-refractivity contribution in [3.05, 3.63) is 23.8 Å². The average Bonchev–Trinajstić information content (AvgIpc) is 2.82. The second kappa shape index (κ2) is 3.50. The first kappa shape index (κ1) is 9.69. The monoisotopic (exact) mass is 202 g/mol. The molecule has 3 aliphatic carbocycles. The van der Waals surface area contributed by atoms with E-state index in [0.717, 1.165) is 29.6 Å². The highest BCUT2D eigenvalue weighted by Crippen LogP contribution is 2.48. The van der Waals surface area contributed by atoms with Gasteiger partial charge in [0, 0.05) is 0 Å². The fourth-order valence-electron chi connectivity index (χ4n) is 3.38. The highest BCUT2D eigenvalue weighted by atomic mass is 14.4. The van der Waals surface area contributed by atoms with Gasteiger partial charge >= 0.3 is 0 Å². The lowest BCUT2D eigenvalue weighted by Gasteiger charge is -2.16. The van der Waals surface area contributed by atoms with Gasteiger partial charge in [0.1, 0.15) is 0 Å². The molecule has 0 aromatic rings. The molecule has 0 spiro atoms. The Morgan fingerprint density at radius 3 is 2.67 bits per heavy atom. The molecule has 0 bridgehead atoms. The van der Waals surface area contributed by atoms with Crippen LogP contribution in [0.5, 0.6) is 0 Å². The molecule has 0 aromatic heterocycles. The first-order valence-electron chi connectivity index (χ1n) is 6.64. The van der Waals surface area contributed by atoms with Crippen LogP contribution in [0.4, 0.5) is 0 Å². The molecule has 0 aromatic carbocycles. The lowest BCUT2D eigenvalue weighted by Crippen LogP contribution is -2.05. The van der Waals surface area contributed by atoms with E-state index in [1.807, 2.05) is 0 Å². The standard InChI is InChI=1S/C15H22/c1-10(2)11-3-4-12(7-11)13-5-6-14-9-15(14)8-13/h5-6,8,10-12,14-15H,3-4,7,9H2,1-2H3/t11-,12+,14?,15?/m0/s1. The quantitative estimate of drug-likeness (QED) is 0.630. The minimum Gasteiger partial charge on any atom is -0.0805 e. The molecule has 82 valence electrons. The molecule has 2 unspecified atom stereocenters. The first-order chi connectivity index (χ1) is 7.24. The molecule has 0 N–H and O–H groups in total. The van der Waals surface area contributed by atoms with Gasteiger partial charge in [-0.15, -0.1) is 0 Å². The molecule has 0 saturated heterocycles. The van der Waals surface area contributed by atoms with Crippen molar-refractivity contribution in [2.24, 2.45) is 29.6 Å². The Morgan fingerprint density at radius 1 is 1.13 bits per heavy atom. The molecule has 0 heteroatoms. The van der Waals surface area contributed by atoms with E-state index < -0.39 is 0 Å². The highest BCUT2D eigenvalue weighted by molar-refractivity contribution is 5.33. The van der Waals surface area contributed by atoms with Crippen molar-refractivity contribution < 1.29 is 0 Å². The molecule has 4 atom stereocenters. The molecule has 2 saturated carbocycles. The first-order valence-corrected chi connectivity index (χ1v) is 6.64. The van der Waals surface area contributed by atoms with Gasteiger partial charge in [0.25, 0.3) is 0 Å². The number of fused-ring (bicyclic) bond motifs is 1. The van der Waals surface area contributed by atoms with E-state index in [-0.39, 0.29) is 0 Å². The smallest absolute Gasteiger partial charge is 0.0158 e. The Labute approximate surface area is 93.5 Å². The predicted molar refractivity (Wildman–Crippen MR) is 64.5 cm³/mol. The molecule has 15 heavy (non-hydrogen) atoms. The van der Waals surface area contributed by atoms with Crippen LogP contribution in [-0.4, -0.2) is 0 Å². The average molecular weight is 202 g/mol. The molecule has 0 nitrogen and oxygen atoms in total. The number of rotatable bonds is 2. The maximum atomic E-state index is 2.58. The number of allylic oxidation sites excluding steroid dienone is 4. The zero-order valence-electron chi connectivity index (χ0n) is 9.95. The van der Waals surface area contributed by atoms with Crippen LogP contribution in [0.15, 0.2) is 23.8 Å². The summed E-state index contributed by atoms with van der Waals surface area (Å²) in [6.07, 6.45) is 13.3. The topological polar surface area (TPSA) is 0 Å². The molecular formula is C15H22. The van der Waals surface area contributed by atoms with Crippen LogP contribution < -0.4 is 0 Å². The zero-order chi connectivity index (χ0) is 10.4. The minimum atomic E-state index is 0.886. The predicted octanol–water partition coefficient (Wildman–Crippen LogP) is 4.19. The Morgan fingerprint density at radius 2 is 2.00 bits per heavy atom. The van der Waals surface area contributed by atoms with E-state index in [2.05, 4.69) is 32.1 Å². The normalized spacial score (nSPS) is 43.0. The maximum Gasteiger partial charge on any atom is -0.0158 e. The van der Waals surface area contributed by atoms with Gasteiger partial charge in [0.15, 0.2) is 0 Å². The summed E-state index contributed by atoms with van der Waals surface area (Å²) in [6, 6.07) is 0. The van der Waals surface area contributed by atoms with Crippen LogP contribution in [0.2, 0.25) is 0 Å². The molecule has 2 fully saturated rings. The highest BCUT2D eigenvalue weighted by Gasteiger charge is 2.37. The van der Waals surface area contributed by atoms with E-state index in [1.165, 1.54) is 25.7 Å². The summed E-state index contributed by atoms with van der Waals surface area (Å²) in [5.41, 5.74) is 1.68. The van der Waals surface area contributed by atoms with Crippen LogP contribution in [0.25, 0.3) is 0 Å². The summed E-state index contributed by atoms with van der Waals surface area (Å²) in [5, 5.41) is 0. The maximum absolute atomic E-state index is 2.58. The van der Waals surface area contributed by atoms with Crippen molar-refractivity contribution >= 4 is 0 Å². The fraction of sp³-hybridized carbons (Fsp3) is 0.733. The van der Waals surface area contributed by atoms with Crippen molar-refractivity contribution in [3.8, 4) is 0 Å². The third-order valence-corrected chi connectivity index (χ3v) is 4.72.